The van der Waals surface area contributed by atoms with Gasteiger partial charge in [0.1, 0.15) is 4.90 Å². The first-order valence-electron chi connectivity index (χ1n) is 8.91. The van der Waals surface area contributed by atoms with Gasteiger partial charge in [-0.05, 0) is 24.3 Å². The average Bonchev–Trinajstić information content (AvgIpc) is 2.70. The molecule has 5 nitrogen and oxygen atoms in total. The van der Waals surface area contributed by atoms with Gasteiger partial charge in [-0.15, -0.1) is 12.4 Å². The lowest BCUT2D eigenvalue weighted by Crippen LogP contribution is -2.43. The van der Waals surface area contributed by atoms with Crippen LogP contribution in [-0.4, -0.2) is 34.6 Å². The molecule has 1 aliphatic heterocycles. The lowest BCUT2D eigenvalue weighted by atomic mass is 10.1. The Morgan fingerprint density at radius 3 is 2.31 bits per heavy atom. The van der Waals surface area contributed by atoms with Gasteiger partial charge in [-0.25, -0.2) is 8.42 Å². The molecular weight excluding hydrogens is 453 g/mol. The van der Waals surface area contributed by atoms with Crippen LogP contribution in [0.25, 0.3) is 10.8 Å². The van der Waals surface area contributed by atoms with Gasteiger partial charge >= 0.3 is 0 Å². The fourth-order valence-electron chi connectivity index (χ4n) is 3.44. The van der Waals surface area contributed by atoms with Gasteiger partial charge in [-0.1, -0.05) is 53.5 Å². The first-order valence-corrected chi connectivity index (χ1v) is 11.2. The number of benzene rings is 3. The predicted octanol–water partition coefficient (Wildman–Crippen LogP) is 4.78. The van der Waals surface area contributed by atoms with Crippen molar-refractivity contribution in [2.24, 2.45) is 0 Å². The molecule has 0 atom stereocenters. The summed E-state index contributed by atoms with van der Waals surface area (Å²) in [6.07, 6.45) is 0. The maximum atomic E-state index is 12.9. The third-order valence-electron chi connectivity index (χ3n) is 4.81. The van der Waals surface area contributed by atoms with E-state index in [1.54, 1.807) is 18.2 Å². The zero-order chi connectivity index (χ0) is 19.7. The highest BCUT2D eigenvalue weighted by atomic mass is 35.5. The summed E-state index contributed by atoms with van der Waals surface area (Å²) in [7, 11) is -3.89. The SMILES string of the molecule is Cl.O=S(=O)(Nc1ccc(N2CCNCC2)c2ccccc12)c1cccc(Cl)c1Cl. The number of fused-ring (bicyclic) bond motifs is 1. The summed E-state index contributed by atoms with van der Waals surface area (Å²) < 4.78 is 28.5. The number of hydrogen-bond donors (Lipinski definition) is 2. The topological polar surface area (TPSA) is 61.4 Å². The van der Waals surface area contributed by atoms with E-state index < -0.39 is 10.0 Å². The minimum Gasteiger partial charge on any atom is -0.368 e. The number of nitrogens with one attached hydrogen (secondary N) is 2. The van der Waals surface area contributed by atoms with Gasteiger partial charge in [-0.3, -0.25) is 4.72 Å². The van der Waals surface area contributed by atoms with Gasteiger partial charge in [-0.2, -0.15) is 0 Å². The average molecular weight is 473 g/mol. The fourth-order valence-corrected chi connectivity index (χ4v) is 5.29. The normalized spacial score (nSPS) is 14.5. The minimum absolute atomic E-state index is 0. The summed E-state index contributed by atoms with van der Waals surface area (Å²) in [5.41, 5.74) is 1.60. The van der Waals surface area contributed by atoms with Crippen LogP contribution in [0, 0.1) is 0 Å². The van der Waals surface area contributed by atoms with E-state index in [-0.39, 0.29) is 27.3 Å². The van der Waals surface area contributed by atoms with E-state index in [2.05, 4.69) is 14.9 Å². The highest BCUT2D eigenvalue weighted by molar-refractivity contribution is 7.92. The van der Waals surface area contributed by atoms with Crippen LogP contribution < -0.4 is 14.9 Å². The fraction of sp³-hybridized carbons (Fsp3) is 0.200. The molecule has 1 heterocycles. The lowest BCUT2D eigenvalue weighted by Gasteiger charge is -2.30. The highest BCUT2D eigenvalue weighted by Crippen LogP contribution is 2.35. The number of piperazine rings is 1. The number of anilines is 2. The smallest absolute Gasteiger partial charge is 0.263 e. The van der Waals surface area contributed by atoms with E-state index in [0.717, 1.165) is 42.6 Å². The second kappa shape index (κ2) is 8.98. The monoisotopic (exact) mass is 471 g/mol. The van der Waals surface area contributed by atoms with Gasteiger partial charge in [0.15, 0.2) is 0 Å². The van der Waals surface area contributed by atoms with Gasteiger partial charge < -0.3 is 10.2 Å². The Kier molecular flexibility index (Phi) is 6.81. The maximum absolute atomic E-state index is 12.9. The van der Waals surface area contributed by atoms with Crippen molar-refractivity contribution in [2.45, 2.75) is 4.90 Å². The van der Waals surface area contributed by atoms with Crippen LogP contribution in [-0.2, 0) is 10.0 Å². The summed E-state index contributed by atoms with van der Waals surface area (Å²) >= 11 is 12.1. The van der Waals surface area contributed by atoms with E-state index in [1.807, 2.05) is 30.3 Å². The van der Waals surface area contributed by atoms with Crippen molar-refractivity contribution >= 4 is 67.8 Å². The Morgan fingerprint density at radius 1 is 0.897 bits per heavy atom. The zero-order valence-corrected chi connectivity index (χ0v) is 18.5. The lowest BCUT2D eigenvalue weighted by molar-refractivity contribution is 0.590. The number of halogens is 3. The molecule has 0 unspecified atom stereocenters. The van der Waals surface area contributed by atoms with Crippen LogP contribution in [0.5, 0.6) is 0 Å². The summed E-state index contributed by atoms with van der Waals surface area (Å²) in [6, 6.07) is 16.1. The van der Waals surface area contributed by atoms with Crippen molar-refractivity contribution < 1.29 is 8.42 Å². The number of sulfonamides is 1. The van der Waals surface area contributed by atoms with Crippen molar-refractivity contribution in [2.75, 3.05) is 35.8 Å². The first-order chi connectivity index (χ1) is 13.5. The molecule has 2 N–H and O–H groups in total. The van der Waals surface area contributed by atoms with Gasteiger partial charge in [0.05, 0.1) is 15.7 Å². The third-order valence-corrected chi connectivity index (χ3v) is 7.15. The summed E-state index contributed by atoms with van der Waals surface area (Å²) in [6.45, 7) is 3.67. The number of nitrogens with zero attached hydrogens (tertiary/aromatic N) is 1. The largest absolute Gasteiger partial charge is 0.368 e. The molecule has 3 aromatic rings. The van der Waals surface area contributed by atoms with E-state index in [4.69, 9.17) is 23.2 Å². The van der Waals surface area contributed by atoms with Gasteiger partial charge in [0.2, 0.25) is 0 Å². The van der Waals surface area contributed by atoms with Crippen LogP contribution in [0.3, 0.4) is 0 Å². The zero-order valence-electron chi connectivity index (χ0n) is 15.4. The van der Waals surface area contributed by atoms with Crippen molar-refractivity contribution in [3.63, 3.8) is 0 Å². The second-order valence-corrected chi connectivity index (χ2v) is 9.01. The molecule has 1 saturated heterocycles. The molecule has 1 fully saturated rings. The van der Waals surface area contributed by atoms with Crippen LogP contribution in [0.2, 0.25) is 10.0 Å². The summed E-state index contributed by atoms with van der Waals surface area (Å²) in [4.78, 5) is 2.27. The molecule has 0 radical (unpaired) electrons. The Morgan fingerprint density at radius 2 is 1.59 bits per heavy atom. The molecule has 0 spiro atoms. The van der Waals surface area contributed by atoms with Gasteiger partial charge in [0.25, 0.3) is 10.0 Å². The molecular formula is C20H20Cl3N3O2S. The maximum Gasteiger partial charge on any atom is 0.263 e. The Hall–Kier alpha value is -1.70. The molecule has 0 bridgehead atoms. The van der Waals surface area contributed by atoms with Crippen molar-refractivity contribution in [1.29, 1.82) is 0 Å². The van der Waals surface area contributed by atoms with Crippen molar-refractivity contribution in [1.82, 2.24) is 5.32 Å². The third kappa shape index (κ3) is 4.42. The van der Waals surface area contributed by atoms with Crippen LogP contribution in [0.1, 0.15) is 0 Å². The predicted molar refractivity (Wildman–Crippen MR) is 124 cm³/mol. The molecule has 1 aliphatic rings. The van der Waals surface area contributed by atoms with Crippen LogP contribution >= 0.6 is 35.6 Å². The first kappa shape index (κ1) is 22.0. The number of hydrogen-bond acceptors (Lipinski definition) is 4. The second-order valence-electron chi connectivity index (χ2n) is 6.57. The van der Waals surface area contributed by atoms with Crippen molar-refractivity contribution in [3.8, 4) is 0 Å². The summed E-state index contributed by atoms with van der Waals surface area (Å²) in [5.74, 6) is 0. The van der Waals surface area contributed by atoms with E-state index >= 15 is 0 Å². The van der Waals surface area contributed by atoms with E-state index in [0.29, 0.717) is 5.69 Å². The van der Waals surface area contributed by atoms with E-state index in [9.17, 15) is 8.42 Å². The van der Waals surface area contributed by atoms with Gasteiger partial charge in [0, 0.05) is 42.6 Å². The molecule has 0 amide bonds. The standard InChI is InChI=1S/C20H19Cl2N3O2S.ClH/c21-16-6-3-7-19(20(16)22)28(26,27)24-17-8-9-18(25-12-10-23-11-13-25)15-5-2-1-4-14(15)17;/h1-9,23-24H,10-13H2;1H. The van der Waals surface area contributed by atoms with Crippen molar-refractivity contribution in [3.05, 3.63) is 64.6 Å². The molecule has 0 aromatic heterocycles. The Bertz CT molecular complexity index is 1130. The Labute approximate surface area is 186 Å². The highest BCUT2D eigenvalue weighted by Gasteiger charge is 2.21. The molecule has 154 valence electrons. The van der Waals surface area contributed by atoms with Crippen LogP contribution in [0.4, 0.5) is 11.4 Å². The number of rotatable bonds is 4. The molecule has 0 aliphatic carbocycles. The summed E-state index contributed by atoms with van der Waals surface area (Å²) in [5, 5.41) is 5.39. The molecule has 0 saturated carbocycles. The molecule has 29 heavy (non-hydrogen) atoms. The van der Waals surface area contributed by atoms with E-state index in [1.165, 1.54) is 6.07 Å². The quantitative estimate of drug-likeness (QED) is 0.574. The molecule has 3 aromatic carbocycles. The molecule has 4 rings (SSSR count). The minimum atomic E-state index is -3.89. The Balaban J connectivity index is 0.00000240. The molecule has 9 heteroatoms. The van der Waals surface area contributed by atoms with Crippen LogP contribution in [0.15, 0.2) is 59.5 Å².